The van der Waals surface area contributed by atoms with Gasteiger partial charge in [0.2, 0.25) is 0 Å². The number of hydrogen-bond acceptors (Lipinski definition) is 6. The Bertz CT molecular complexity index is 1280. The van der Waals surface area contributed by atoms with Gasteiger partial charge in [0, 0.05) is 16.8 Å². The molecule has 3 aromatic rings. The molecule has 1 unspecified atom stereocenters. The summed E-state index contributed by atoms with van der Waals surface area (Å²) in [4.78, 5) is 31.6. The van der Waals surface area contributed by atoms with Crippen LogP contribution in [0, 0.1) is 11.3 Å². The molecule has 7 heteroatoms. The average molecular weight is 519 g/mol. The van der Waals surface area contributed by atoms with Crippen molar-refractivity contribution in [2.45, 2.75) is 47.0 Å². The Labute approximate surface area is 222 Å². The molecule has 1 aliphatic carbocycles. The van der Waals surface area contributed by atoms with Crippen LogP contribution in [0.1, 0.15) is 70.8 Å². The van der Waals surface area contributed by atoms with Crippen molar-refractivity contribution in [3.05, 3.63) is 75.7 Å². The Morgan fingerprint density at radius 1 is 1.11 bits per heavy atom. The third-order valence-corrected chi connectivity index (χ3v) is 7.96. The van der Waals surface area contributed by atoms with Gasteiger partial charge in [0.1, 0.15) is 10.8 Å². The molecule has 0 saturated carbocycles. The van der Waals surface area contributed by atoms with Gasteiger partial charge >= 0.3 is 5.97 Å². The van der Waals surface area contributed by atoms with Crippen LogP contribution in [-0.4, -0.2) is 31.8 Å². The SMILES string of the molecule is CCOC(=O)c1ccc(NC(=O)c2c(/N=C/c3ccc(OC)cc3)sc3c2CCC(C(C)(C)C)C3)cc1. The zero-order valence-corrected chi connectivity index (χ0v) is 22.9. The topological polar surface area (TPSA) is 77.0 Å². The number of methoxy groups -OCH3 is 1. The van der Waals surface area contributed by atoms with Crippen LogP contribution < -0.4 is 10.1 Å². The Kier molecular flexibility index (Phi) is 8.13. The van der Waals surface area contributed by atoms with E-state index < -0.39 is 0 Å². The summed E-state index contributed by atoms with van der Waals surface area (Å²) in [7, 11) is 1.64. The molecule has 0 fully saturated rings. The van der Waals surface area contributed by atoms with Crippen LogP contribution in [0.25, 0.3) is 0 Å². The number of rotatable bonds is 7. The molecule has 0 saturated heterocycles. The molecule has 1 atom stereocenters. The van der Waals surface area contributed by atoms with Gasteiger partial charge in [-0.25, -0.2) is 9.79 Å². The summed E-state index contributed by atoms with van der Waals surface area (Å²) in [6.07, 6.45) is 4.65. The van der Waals surface area contributed by atoms with E-state index in [2.05, 4.69) is 26.1 Å². The predicted molar refractivity (Wildman–Crippen MR) is 150 cm³/mol. The molecule has 6 nitrogen and oxygen atoms in total. The minimum Gasteiger partial charge on any atom is -0.497 e. The highest BCUT2D eigenvalue weighted by molar-refractivity contribution is 7.16. The zero-order valence-electron chi connectivity index (χ0n) is 22.1. The first-order chi connectivity index (χ1) is 17.7. The summed E-state index contributed by atoms with van der Waals surface area (Å²) in [5, 5.41) is 3.73. The molecule has 0 bridgehead atoms. The number of anilines is 1. The van der Waals surface area contributed by atoms with Gasteiger partial charge in [-0.2, -0.15) is 0 Å². The number of aliphatic imine (C=N–C) groups is 1. The van der Waals surface area contributed by atoms with Gasteiger partial charge in [-0.05, 0) is 97.2 Å². The lowest BCUT2D eigenvalue weighted by molar-refractivity contribution is 0.0526. The number of carbonyl (C=O) groups is 2. The van der Waals surface area contributed by atoms with Crippen LogP contribution in [0.3, 0.4) is 0 Å². The second kappa shape index (κ2) is 11.3. The molecule has 0 spiro atoms. The molecule has 37 heavy (non-hydrogen) atoms. The van der Waals surface area contributed by atoms with E-state index in [4.69, 9.17) is 14.5 Å². The highest BCUT2D eigenvalue weighted by Crippen LogP contribution is 2.45. The number of benzene rings is 2. The standard InChI is InChI=1S/C30H34N2O4S/c1-6-36-29(34)20-9-12-22(13-10-20)32-27(33)26-24-16-11-21(30(2,3)4)17-25(24)37-28(26)31-18-19-7-14-23(35-5)15-8-19/h7-10,12-15,18,21H,6,11,16-17H2,1-5H3,(H,32,33)/b31-18+. The summed E-state index contributed by atoms with van der Waals surface area (Å²) < 4.78 is 10.3. The number of nitrogens with one attached hydrogen (secondary N) is 1. The number of ether oxygens (including phenoxy) is 2. The molecule has 0 radical (unpaired) electrons. The van der Waals surface area contributed by atoms with Crippen molar-refractivity contribution in [2.24, 2.45) is 16.3 Å². The Hall–Kier alpha value is -3.45. The minimum atomic E-state index is -0.379. The minimum absolute atomic E-state index is 0.183. The molecule has 194 valence electrons. The summed E-state index contributed by atoms with van der Waals surface area (Å²) in [5.41, 5.74) is 3.95. The van der Waals surface area contributed by atoms with Gasteiger partial charge < -0.3 is 14.8 Å². The van der Waals surface area contributed by atoms with Crippen molar-refractivity contribution in [3.8, 4) is 5.75 Å². The highest BCUT2D eigenvalue weighted by Gasteiger charge is 2.33. The summed E-state index contributed by atoms with van der Waals surface area (Å²) in [5.74, 6) is 0.780. The Balaban J connectivity index is 1.63. The van der Waals surface area contributed by atoms with Gasteiger partial charge in [-0.1, -0.05) is 20.8 Å². The first-order valence-electron chi connectivity index (χ1n) is 12.6. The number of hydrogen-bond donors (Lipinski definition) is 1. The average Bonchev–Trinajstić information content (AvgIpc) is 3.25. The molecule has 1 aromatic heterocycles. The quantitative estimate of drug-likeness (QED) is 0.268. The third kappa shape index (κ3) is 6.28. The second-order valence-electron chi connectivity index (χ2n) is 10.3. The van der Waals surface area contributed by atoms with Gasteiger partial charge in [0.05, 0.1) is 24.8 Å². The van der Waals surface area contributed by atoms with Gasteiger partial charge in [0.15, 0.2) is 0 Å². The smallest absolute Gasteiger partial charge is 0.338 e. The van der Waals surface area contributed by atoms with E-state index in [9.17, 15) is 9.59 Å². The van der Waals surface area contributed by atoms with E-state index in [-0.39, 0.29) is 17.3 Å². The molecule has 0 aliphatic heterocycles. The zero-order chi connectivity index (χ0) is 26.6. The molecule has 1 amide bonds. The fraction of sp³-hybridized carbons (Fsp3) is 0.367. The van der Waals surface area contributed by atoms with Crippen LogP contribution in [0.15, 0.2) is 53.5 Å². The maximum Gasteiger partial charge on any atom is 0.338 e. The fourth-order valence-electron chi connectivity index (χ4n) is 4.56. The second-order valence-corrected chi connectivity index (χ2v) is 11.4. The molecular weight excluding hydrogens is 484 g/mol. The largest absolute Gasteiger partial charge is 0.497 e. The molecular formula is C30H34N2O4S. The van der Waals surface area contributed by atoms with Crippen LogP contribution >= 0.6 is 11.3 Å². The Morgan fingerprint density at radius 3 is 2.43 bits per heavy atom. The molecule has 1 heterocycles. The third-order valence-electron chi connectivity index (χ3n) is 6.80. The van der Waals surface area contributed by atoms with Crippen molar-refractivity contribution in [3.63, 3.8) is 0 Å². The lowest BCUT2D eigenvalue weighted by Crippen LogP contribution is -2.27. The number of nitrogens with zero attached hydrogens (tertiary/aromatic N) is 1. The van der Waals surface area contributed by atoms with Crippen molar-refractivity contribution in [1.82, 2.24) is 0 Å². The van der Waals surface area contributed by atoms with Crippen molar-refractivity contribution < 1.29 is 19.1 Å². The van der Waals surface area contributed by atoms with E-state index in [1.54, 1.807) is 55.9 Å². The van der Waals surface area contributed by atoms with Crippen molar-refractivity contribution in [2.75, 3.05) is 19.0 Å². The lowest BCUT2D eigenvalue weighted by Gasteiger charge is -2.33. The van der Waals surface area contributed by atoms with Gasteiger partial charge in [-0.15, -0.1) is 11.3 Å². The summed E-state index contributed by atoms with van der Waals surface area (Å²) in [6.45, 7) is 8.94. The molecule has 4 rings (SSSR count). The number of amides is 1. The fourth-order valence-corrected chi connectivity index (χ4v) is 5.83. The Morgan fingerprint density at radius 2 is 1.81 bits per heavy atom. The lowest BCUT2D eigenvalue weighted by atomic mass is 9.72. The molecule has 1 aliphatic rings. The van der Waals surface area contributed by atoms with E-state index in [1.165, 1.54) is 4.88 Å². The number of carbonyl (C=O) groups excluding carboxylic acids is 2. The highest BCUT2D eigenvalue weighted by atomic mass is 32.1. The summed E-state index contributed by atoms with van der Waals surface area (Å²) >= 11 is 1.61. The van der Waals surface area contributed by atoms with Crippen LogP contribution in [0.2, 0.25) is 0 Å². The number of fused-ring (bicyclic) bond motifs is 1. The van der Waals surface area contributed by atoms with Gasteiger partial charge in [-0.3, -0.25) is 4.79 Å². The first kappa shape index (κ1) is 26.6. The number of esters is 1. The van der Waals surface area contributed by atoms with Crippen LogP contribution in [0.4, 0.5) is 10.7 Å². The van der Waals surface area contributed by atoms with Crippen molar-refractivity contribution >= 4 is 40.1 Å². The van der Waals surface area contributed by atoms with Crippen LogP contribution in [0.5, 0.6) is 5.75 Å². The maximum absolute atomic E-state index is 13.6. The maximum atomic E-state index is 13.6. The van der Waals surface area contributed by atoms with E-state index in [0.29, 0.717) is 29.3 Å². The van der Waals surface area contributed by atoms with Crippen molar-refractivity contribution in [1.29, 1.82) is 0 Å². The van der Waals surface area contributed by atoms with E-state index in [0.717, 1.165) is 41.1 Å². The number of thiophene rings is 1. The monoisotopic (exact) mass is 518 g/mol. The van der Waals surface area contributed by atoms with Gasteiger partial charge in [0.25, 0.3) is 5.91 Å². The normalized spacial score (nSPS) is 15.3. The van der Waals surface area contributed by atoms with Crippen LogP contribution in [-0.2, 0) is 17.6 Å². The molecule has 1 N–H and O–H groups in total. The predicted octanol–water partition coefficient (Wildman–Crippen LogP) is 7.09. The molecule has 2 aromatic carbocycles. The summed E-state index contributed by atoms with van der Waals surface area (Å²) in [6, 6.07) is 14.4. The van der Waals surface area contributed by atoms with E-state index >= 15 is 0 Å². The van der Waals surface area contributed by atoms with E-state index in [1.807, 2.05) is 24.3 Å². The first-order valence-corrected chi connectivity index (χ1v) is 13.4.